The van der Waals surface area contributed by atoms with Crippen LogP contribution in [0.15, 0.2) is 16.3 Å². The molecule has 70 valence electrons. The molecule has 0 radical (unpaired) electrons. The van der Waals surface area contributed by atoms with Gasteiger partial charge in [-0.15, -0.1) is 0 Å². The van der Waals surface area contributed by atoms with Gasteiger partial charge in [0, 0.05) is 0 Å². The Morgan fingerprint density at radius 2 is 2.08 bits per heavy atom. The van der Waals surface area contributed by atoms with E-state index in [1.54, 1.807) is 11.6 Å². The maximum Gasteiger partial charge on any atom is 1.00 e. The summed E-state index contributed by atoms with van der Waals surface area (Å²) in [5.74, 6) is 0. The number of hydrogen-bond acceptors (Lipinski definition) is 5. The molecule has 6 nitrogen and oxygen atoms in total. The molecule has 0 amide bonds. The average molecular weight is 215 g/mol. The normalized spacial score (nSPS) is 16.1. The Kier molecular flexibility index (Phi) is 4.62. The van der Waals surface area contributed by atoms with Crippen molar-refractivity contribution in [1.82, 2.24) is 0 Å². The summed E-state index contributed by atoms with van der Waals surface area (Å²) in [6, 6.07) is 0. The summed E-state index contributed by atoms with van der Waals surface area (Å²) in [5, 5.41) is 4.63. The van der Waals surface area contributed by atoms with Crippen molar-refractivity contribution in [2.75, 3.05) is 0 Å². The van der Waals surface area contributed by atoms with E-state index in [-0.39, 0.29) is 2.85 Å². The lowest BCUT2D eigenvalue weighted by Crippen LogP contribution is -2.69. The zero-order valence-electron chi connectivity index (χ0n) is 8.06. The molecule has 0 aromatic heterocycles. The molecule has 0 unspecified atom stereocenters. The van der Waals surface area contributed by atoms with Crippen molar-refractivity contribution in [1.29, 1.82) is 0 Å². The molecule has 1 heterocycles. The molecule has 12 heavy (non-hydrogen) atoms. The number of allylic oxidation sites excluding steroid dienone is 1. The van der Waals surface area contributed by atoms with Gasteiger partial charge in [0.1, 0.15) is 16.9 Å². The first kappa shape index (κ1) is 11.8. The van der Waals surface area contributed by atoms with Gasteiger partial charge in [-0.1, -0.05) is 16.7 Å². The molecule has 0 aromatic carbocycles. The van der Waals surface area contributed by atoms with Crippen molar-refractivity contribution < 1.29 is 27.5 Å². The Hall–Kier alpha value is -0.230. The quantitative estimate of drug-likeness (QED) is 0.352. The fraction of sp³-hybridized carbons (Fsp3) is 0.250. The largest absolute Gasteiger partial charge is 1.00 e. The summed E-state index contributed by atoms with van der Waals surface area (Å²) in [5.41, 5.74) is 2.60. The predicted molar refractivity (Wildman–Crippen MR) is 38.8 cm³/mol. The number of quaternary nitrogens is 1. The lowest BCUT2D eigenvalue weighted by atomic mass is 10.4. The second-order valence-electron chi connectivity index (χ2n) is 1.83. The third-order valence-corrected chi connectivity index (χ3v) is 1.23. The molecule has 0 fully saturated rings. The van der Waals surface area contributed by atoms with Gasteiger partial charge in [0.2, 0.25) is 0 Å². The average Bonchev–Trinajstić information content (AvgIpc) is 2.12. The van der Waals surface area contributed by atoms with Crippen LogP contribution in [0.2, 0.25) is 0 Å². The van der Waals surface area contributed by atoms with Gasteiger partial charge in [-0.3, -0.25) is 0 Å². The fourth-order valence-electron chi connectivity index (χ4n) is 0.397. The molecule has 0 saturated heterocycles. The third-order valence-electron chi connectivity index (χ3n) is 0.835. The van der Waals surface area contributed by atoms with Crippen LogP contribution in [0, 0.1) is 0 Å². The molecule has 1 rings (SSSR count). The van der Waals surface area contributed by atoms with Crippen LogP contribution in [0.4, 0.5) is 0 Å². The predicted octanol–water partition coefficient (Wildman–Crippen LogP) is -2.58. The molecule has 0 spiro atoms. The summed E-state index contributed by atoms with van der Waals surface area (Å²) < 4.78 is 8.55. The maximum absolute atomic E-state index is 8.55. The monoisotopic (exact) mass is 214 g/mol. The van der Waals surface area contributed by atoms with Crippen molar-refractivity contribution in [2.24, 2.45) is 5.10 Å². The van der Waals surface area contributed by atoms with Gasteiger partial charge in [-0.05, 0) is 6.92 Å². The van der Waals surface area contributed by atoms with E-state index in [4.69, 9.17) is 30.8 Å². The first-order valence-electron chi connectivity index (χ1n) is 2.77. The van der Waals surface area contributed by atoms with E-state index in [1.165, 1.54) is 0 Å². The van der Waals surface area contributed by atoms with Gasteiger partial charge in [0.05, 0.1) is 0 Å². The molecular formula is C4H8ClN2O4P. The van der Waals surface area contributed by atoms with E-state index in [2.05, 4.69) is 5.10 Å². The second kappa shape index (κ2) is 4.71. The van der Waals surface area contributed by atoms with Gasteiger partial charge < -0.3 is 19.2 Å². The first-order chi connectivity index (χ1) is 5.30. The Bertz CT molecular complexity index is 242. The summed E-state index contributed by atoms with van der Waals surface area (Å²) in [4.78, 5) is 25.6. The van der Waals surface area contributed by atoms with Gasteiger partial charge in [-0.25, -0.2) is 0 Å². The van der Waals surface area contributed by atoms with Crippen LogP contribution >= 0.6 is 19.4 Å². The van der Waals surface area contributed by atoms with Crippen LogP contribution in [0.1, 0.15) is 9.78 Å². The van der Waals surface area contributed by atoms with Crippen LogP contribution in [-0.2, 0) is 4.57 Å². The molecule has 0 bridgehead atoms. The summed E-state index contributed by atoms with van der Waals surface area (Å²) in [7, 11) is -5.39. The summed E-state index contributed by atoms with van der Waals surface area (Å²) >= 11 is 5.56. The van der Waals surface area contributed by atoms with Gasteiger partial charge >= 0.3 is 2.85 Å². The lowest BCUT2D eigenvalue weighted by molar-refractivity contribution is -0.590. The molecule has 2 N–H and O–H groups in total. The van der Waals surface area contributed by atoms with Crippen LogP contribution in [0.5, 0.6) is 0 Å². The van der Waals surface area contributed by atoms with Gasteiger partial charge in [-0.2, -0.15) is 13.2 Å². The minimum absolute atomic E-state index is 0. The standard InChI is InChI=1S/C4H5ClN2.H3O4P/c1-3-4(5)2-6-7-3;1-5(2,3)4/h2H,1H3,(H,6,7);(H3,1,2,3,4). The lowest BCUT2D eigenvalue weighted by Gasteiger charge is -2.36. The van der Waals surface area contributed by atoms with E-state index in [1.807, 2.05) is 6.92 Å². The number of hydrogen-bond donors (Lipinski definition) is 1. The Balaban J connectivity index is -0.000000159. The van der Waals surface area contributed by atoms with Crippen LogP contribution in [0.25, 0.3) is 0 Å². The molecule has 0 aromatic rings. The molecular weight excluding hydrogens is 206 g/mol. The molecule has 0 aliphatic carbocycles. The summed E-state index contributed by atoms with van der Waals surface area (Å²) in [6.07, 6.45) is 1.77. The van der Waals surface area contributed by atoms with E-state index in [0.717, 1.165) is 10.7 Å². The molecule has 1 aliphatic rings. The fourth-order valence-corrected chi connectivity index (χ4v) is 0.502. The van der Waals surface area contributed by atoms with Crippen molar-refractivity contribution in [3.63, 3.8) is 0 Å². The minimum atomic E-state index is -5.39. The van der Waals surface area contributed by atoms with Crippen molar-refractivity contribution >= 4 is 25.1 Å². The Morgan fingerprint density at radius 1 is 1.67 bits per heavy atom. The highest BCUT2D eigenvalue weighted by atomic mass is 35.5. The zero-order chi connectivity index (χ0) is 9.78. The van der Waals surface area contributed by atoms with Crippen LogP contribution < -0.4 is 20.1 Å². The van der Waals surface area contributed by atoms with Crippen LogP contribution in [0.3, 0.4) is 0 Å². The second-order valence-corrected chi connectivity index (χ2v) is 3.13. The number of nitrogens with zero attached hydrogens (tertiary/aromatic N) is 1. The van der Waals surface area contributed by atoms with Gasteiger partial charge in [0.25, 0.3) is 0 Å². The third kappa shape index (κ3) is 7.87. The van der Waals surface area contributed by atoms with Crippen molar-refractivity contribution in [3.8, 4) is 0 Å². The van der Waals surface area contributed by atoms with E-state index < -0.39 is 7.82 Å². The number of phosphoric acid groups is 1. The highest BCUT2D eigenvalue weighted by molar-refractivity contribution is 7.40. The van der Waals surface area contributed by atoms with E-state index in [0.29, 0.717) is 0 Å². The number of halogens is 1. The van der Waals surface area contributed by atoms with Crippen LogP contribution in [-0.4, -0.2) is 5.71 Å². The maximum atomic E-state index is 8.55. The molecule has 8 heteroatoms. The number of nitrogens with two attached hydrogens (primary N) is 1. The zero-order valence-corrected chi connectivity index (χ0v) is 7.71. The Labute approximate surface area is 76.8 Å². The van der Waals surface area contributed by atoms with E-state index >= 15 is 0 Å². The molecule has 0 atom stereocenters. The highest BCUT2D eigenvalue weighted by Gasteiger charge is 2.05. The first-order valence-corrected chi connectivity index (χ1v) is 4.61. The molecule has 0 saturated carbocycles. The van der Waals surface area contributed by atoms with Crippen molar-refractivity contribution in [3.05, 3.63) is 11.2 Å². The molecule has 1 aliphatic heterocycles. The SMILES string of the molecule is CC1=N[NH2+]C=C1Cl.O=P([O-])([O-])[O-].[H+].[H+]. The highest BCUT2D eigenvalue weighted by Crippen LogP contribution is 2.03. The topological polar surface area (TPSA) is 115 Å². The van der Waals surface area contributed by atoms with Gasteiger partial charge in [0.15, 0.2) is 0 Å². The smallest absolute Gasteiger partial charge is 0.822 e. The van der Waals surface area contributed by atoms with E-state index in [9.17, 15) is 0 Å². The van der Waals surface area contributed by atoms with Crippen molar-refractivity contribution in [2.45, 2.75) is 6.92 Å². The summed E-state index contributed by atoms with van der Waals surface area (Å²) in [6.45, 7) is 1.88. The number of rotatable bonds is 0. The Morgan fingerprint density at radius 3 is 2.17 bits per heavy atom. The minimum Gasteiger partial charge on any atom is -0.822 e.